The highest BCUT2D eigenvalue weighted by molar-refractivity contribution is 7.54. The minimum atomic E-state index is -5.50. The van der Waals surface area contributed by atoms with Crippen LogP contribution in [-0.4, -0.2) is 61.4 Å². The van der Waals surface area contributed by atoms with Gasteiger partial charge in [-0.3, -0.25) is 4.57 Å². The minimum Gasteiger partial charge on any atom is -0.467 e. The first-order chi connectivity index (χ1) is 8.72. The Balaban J connectivity index is 6.03. The summed E-state index contributed by atoms with van der Waals surface area (Å²) in [6, 6.07) is 0. The third-order valence-electron chi connectivity index (χ3n) is 2.19. The molecule has 0 aliphatic heterocycles. The Morgan fingerprint density at radius 1 is 1.26 bits per heavy atom. The number of hydrogen-bond donors (Lipinski definition) is 2. The lowest BCUT2D eigenvalue weighted by Gasteiger charge is -2.34. The summed E-state index contributed by atoms with van der Waals surface area (Å²) in [4.78, 5) is 41.5. The van der Waals surface area contributed by atoms with Crippen LogP contribution < -0.4 is 0 Å². The van der Waals surface area contributed by atoms with Gasteiger partial charge < -0.3 is 28.7 Å². The number of esters is 2. The maximum absolute atomic E-state index is 12.4. The molecule has 0 spiro atoms. The maximum atomic E-state index is 12.4. The lowest BCUT2D eigenvalue weighted by atomic mass is 10.2. The normalized spacial score (nSPS) is 16.3. The van der Waals surface area contributed by atoms with E-state index in [9.17, 15) is 28.3 Å². The van der Waals surface area contributed by atoms with Crippen LogP contribution in [0, 0.1) is 0 Å². The number of carbonyl (C=O) groups is 2. The Morgan fingerprint density at radius 2 is 1.79 bits per heavy atom. The topological polar surface area (TPSA) is 129 Å². The molecule has 0 aromatic rings. The fourth-order valence-corrected chi connectivity index (χ4v) is 2.41. The first kappa shape index (κ1) is 17.9. The van der Waals surface area contributed by atoms with Crippen molar-refractivity contribution < 1.29 is 47.3 Å². The molecule has 0 amide bonds. The number of rotatable bonds is 7. The highest BCUT2D eigenvalue weighted by Gasteiger charge is 2.65. The van der Waals surface area contributed by atoms with Crippen LogP contribution >= 0.6 is 7.60 Å². The van der Waals surface area contributed by atoms with E-state index in [1.807, 2.05) is 0 Å². The Kier molecular flexibility index (Phi) is 6.53. The van der Waals surface area contributed by atoms with E-state index in [4.69, 9.17) is 0 Å². The van der Waals surface area contributed by atoms with Crippen LogP contribution in [0.25, 0.3) is 0 Å². The molecule has 0 aromatic carbocycles. The quantitative estimate of drug-likeness (QED) is 0.457. The van der Waals surface area contributed by atoms with Crippen LogP contribution in [0.5, 0.6) is 0 Å². The standard InChI is InChI=1S/C8H14FO9P/c1-15-5(6(10)16-2)8(18-4-9,7(11)17-3)19(12,13)14/h5H,4H2,1-3H3,(H2,12,13,14). The summed E-state index contributed by atoms with van der Waals surface area (Å²) in [5, 5.41) is -3.28. The van der Waals surface area contributed by atoms with E-state index < -0.39 is 37.8 Å². The zero-order valence-electron chi connectivity index (χ0n) is 10.4. The Morgan fingerprint density at radius 3 is 2.05 bits per heavy atom. The maximum Gasteiger partial charge on any atom is 0.372 e. The SMILES string of the molecule is COC(=O)C(OC)C(OCF)(C(=O)OC)P(=O)(O)O. The van der Waals surface area contributed by atoms with E-state index in [0.717, 1.165) is 21.3 Å². The number of carbonyl (C=O) groups excluding carboxylic acids is 2. The van der Waals surface area contributed by atoms with Crippen LogP contribution in [0.2, 0.25) is 0 Å². The van der Waals surface area contributed by atoms with Crippen molar-refractivity contribution in [1.82, 2.24) is 0 Å². The number of halogens is 1. The van der Waals surface area contributed by atoms with Gasteiger partial charge in [-0.05, 0) is 0 Å². The average Bonchev–Trinajstić information content (AvgIpc) is 2.35. The Hall–Kier alpha value is -1.06. The number of methoxy groups -OCH3 is 3. The second-order valence-corrected chi connectivity index (χ2v) is 4.88. The molecule has 0 aliphatic rings. The van der Waals surface area contributed by atoms with E-state index in [2.05, 4.69) is 18.9 Å². The molecular formula is C8H14FO9P. The lowest BCUT2D eigenvalue weighted by molar-refractivity contribution is -0.192. The van der Waals surface area contributed by atoms with Crippen molar-refractivity contribution >= 4 is 19.5 Å². The minimum absolute atomic E-state index is 0.776. The molecule has 19 heavy (non-hydrogen) atoms. The van der Waals surface area contributed by atoms with Gasteiger partial charge in [-0.15, -0.1) is 0 Å². The molecular weight excluding hydrogens is 290 g/mol. The van der Waals surface area contributed by atoms with Gasteiger partial charge in [0.1, 0.15) is 0 Å². The van der Waals surface area contributed by atoms with Crippen molar-refractivity contribution in [2.75, 3.05) is 28.2 Å². The predicted octanol–water partition coefficient (Wildman–Crippen LogP) is -0.835. The van der Waals surface area contributed by atoms with Gasteiger partial charge >= 0.3 is 24.9 Å². The first-order valence-corrected chi connectivity index (χ1v) is 6.28. The summed E-state index contributed by atoms with van der Waals surface area (Å²) in [6.45, 7) is -1.77. The van der Waals surface area contributed by atoms with Gasteiger partial charge in [-0.2, -0.15) is 0 Å². The Labute approximate surface area is 107 Å². The second-order valence-electron chi connectivity index (χ2n) is 3.12. The zero-order valence-corrected chi connectivity index (χ0v) is 11.3. The molecule has 0 rings (SSSR count). The lowest BCUT2D eigenvalue weighted by Crippen LogP contribution is -2.56. The molecule has 0 saturated carbocycles. The van der Waals surface area contributed by atoms with Gasteiger partial charge in [0.05, 0.1) is 14.2 Å². The molecule has 0 saturated heterocycles. The third kappa shape index (κ3) is 3.28. The first-order valence-electron chi connectivity index (χ1n) is 4.67. The van der Waals surface area contributed by atoms with E-state index >= 15 is 0 Å². The fourth-order valence-electron chi connectivity index (χ4n) is 1.35. The number of ether oxygens (including phenoxy) is 4. The highest BCUT2D eigenvalue weighted by Crippen LogP contribution is 2.54. The molecule has 0 aliphatic carbocycles. The third-order valence-corrected chi connectivity index (χ3v) is 3.60. The van der Waals surface area contributed by atoms with Gasteiger partial charge in [-0.25, -0.2) is 14.0 Å². The van der Waals surface area contributed by atoms with Crippen LogP contribution in [-0.2, 0) is 33.1 Å². The summed E-state index contributed by atoms with van der Waals surface area (Å²) in [5.41, 5.74) is 0. The van der Waals surface area contributed by atoms with E-state index in [-0.39, 0.29) is 0 Å². The fraction of sp³-hybridized carbons (Fsp3) is 0.750. The molecule has 9 nitrogen and oxygen atoms in total. The predicted molar refractivity (Wildman–Crippen MR) is 56.7 cm³/mol. The van der Waals surface area contributed by atoms with E-state index in [0.29, 0.717) is 0 Å². The number of alkyl halides is 1. The molecule has 11 heteroatoms. The van der Waals surface area contributed by atoms with Gasteiger partial charge in [-0.1, -0.05) is 0 Å². The zero-order chi connectivity index (χ0) is 15.3. The molecule has 0 heterocycles. The van der Waals surface area contributed by atoms with Gasteiger partial charge in [0.25, 0.3) is 0 Å². The molecule has 112 valence electrons. The molecule has 0 bridgehead atoms. The van der Waals surface area contributed by atoms with Crippen molar-refractivity contribution in [2.45, 2.75) is 11.4 Å². The van der Waals surface area contributed by atoms with Crippen molar-refractivity contribution in [1.29, 1.82) is 0 Å². The smallest absolute Gasteiger partial charge is 0.372 e. The van der Waals surface area contributed by atoms with Gasteiger partial charge in [0.2, 0.25) is 6.10 Å². The van der Waals surface area contributed by atoms with Crippen molar-refractivity contribution in [3.05, 3.63) is 0 Å². The van der Waals surface area contributed by atoms with Crippen LogP contribution in [0.4, 0.5) is 4.39 Å². The Bertz CT molecular complexity index is 380. The monoisotopic (exact) mass is 304 g/mol. The van der Waals surface area contributed by atoms with Gasteiger partial charge in [0.15, 0.2) is 6.86 Å². The van der Waals surface area contributed by atoms with Crippen LogP contribution in [0.15, 0.2) is 0 Å². The molecule has 0 aromatic heterocycles. The summed E-state index contributed by atoms with van der Waals surface area (Å²) in [5.74, 6) is -3.01. The van der Waals surface area contributed by atoms with E-state index in [1.165, 1.54) is 0 Å². The van der Waals surface area contributed by atoms with Crippen LogP contribution in [0.1, 0.15) is 0 Å². The average molecular weight is 304 g/mol. The van der Waals surface area contributed by atoms with Crippen molar-refractivity contribution in [2.24, 2.45) is 0 Å². The number of hydrogen-bond acceptors (Lipinski definition) is 7. The molecule has 0 radical (unpaired) electrons. The summed E-state index contributed by atoms with van der Waals surface area (Å²) in [7, 11) is -2.98. The largest absolute Gasteiger partial charge is 0.467 e. The summed E-state index contributed by atoms with van der Waals surface area (Å²) < 4.78 is 41.0. The van der Waals surface area contributed by atoms with Gasteiger partial charge in [0, 0.05) is 7.11 Å². The summed E-state index contributed by atoms with van der Waals surface area (Å²) in [6.07, 6.45) is -2.21. The van der Waals surface area contributed by atoms with Crippen molar-refractivity contribution in [3.8, 4) is 0 Å². The molecule has 2 N–H and O–H groups in total. The van der Waals surface area contributed by atoms with Crippen LogP contribution in [0.3, 0.4) is 0 Å². The van der Waals surface area contributed by atoms with E-state index in [1.54, 1.807) is 0 Å². The molecule has 0 fully saturated rings. The molecule has 2 unspecified atom stereocenters. The second kappa shape index (κ2) is 6.92. The summed E-state index contributed by atoms with van der Waals surface area (Å²) >= 11 is 0. The highest BCUT2D eigenvalue weighted by atomic mass is 31.2. The van der Waals surface area contributed by atoms with Crippen molar-refractivity contribution in [3.63, 3.8) is 0 Å². The molecule has 2 atom stereocenters.